The zero-order chi connectivity index (χ0) is 12.0. The Hall–Kier alpha value is -1.98. The van der Waals surface area contributed by atoms with Gasteiger partial charge in [-0.15, -0.1) is 0 Å². The third-order valence-electron chi connectivity index (χ3n) is 1.81. The van der Waals surface area contributed by atoms with Crippen LogP contribution in [0.3, 0.4) is 0 Å². The average Bonchev–Trinajstić information content (AvgIpc) is 2.29. The first kappa shape index (κ1) is 12.1. The van der Waals surface area contributed by atoms with E-state index in [0.717, 1.165) is 0 Å². The molecule has 0 bridgehead atoms. The normalized spacial score (nSPS) is 9.62. The Balaban J connectivity index is 2.61. The largest absolute Gasteiger partial charge is 0.465 e. The number of hydrogen-bond acceptors (Lipinski definition) is 6. The fourth-order valence-electron chi connectivity index (χ4n) is 1.06. The van der Waals surface area contributed by atoms with Crippen molar-refractivity contribution >= 4 is 18.2 Å². The molecule has 0 radical (unpaired) electrons. The van der Waals surface area contributed by atoms with E-state index in [2.05, 4.69) is 9.97 Å². The van der Waals surface area contributed by atoms with E-state index in [4.69, 9.17) is 4.74 Å². The molecule has 0 amide bonds. The Morgan fingerprint density at radius 2 is 2.12 bits per heavy atom. The maximum absolute atomic E-state index is 11.2. The molecule has 0 N–H and O–H groups in total. The summed E-state index contributed by atoms with van der Waals surface area (Å²) in [5, 5.41) is 0. The summed E-state index contributed by atoms with van der Waals surface area (Å²) in [7, 11) is 1.67. The van der Waals surface area contributed by atoms with Crippen LogP contribution >= 0.6 is 0 Å². The van der Waals surface area contributed by atoms with Crippen molar-refractivity contribution in [3.63, 3.8) is 0 Å². The van der Waals surface area contributed by atoms with E-state index < -0.39 is 0 Å². The lowest BCUT2D eigenvalue weighted by Crippen LogP contribution is -2.28. The van der Waals surface area contributed by atoms with Crippen molar-refractivity contribution in [2.24, 2.45) is 0 Å². The molecule has 0 atom stereocenters. The SMILES string of the molecule is CCOC(=O)CN(C)c1ncc(C=O)cn1. The first-order valence-corrected chi connectivity index (χ1v) is 4.81. The fraction of sp³-hybridized carbons (Fsp3) is 0.400. The molecule has 0 aliphatic rings. The van der Waals surface area contributed by atoms with Gasteiger partial charge < -0.3 is 9.64 Å². The summed E-state index contributed by atoms with van der Waals surface area (Å²) < 4.78 is 4.79. The smallest absolute Gasteiger partial charge is 0.325 e. The van der Waals surface area contributed by atoms with E-state index in [-0.39, 0.29) is 12.5 Å². The van der Waals surface area contributed by atoms with Crippen LogP contribution in [0.4, 0.5) is 5.95 Å². The monoisotopic (exact) mass is 223 g/mol. The van der Waals surface area contributed by atoms with Crippen molar-refractivity contribution in [3.05, 3.63) is 18.0 Å². The summed E-state index contributed by atoms with van der Waals surface area (Å²) in [4.78, 5) is 31.0. The second kappa shape index (κ2) is 5.79. The second-order valence-electron chi connectivity index (χ2n) is 3.10. The number of carbonyl (C=O) groups is 2. The third kappa shape index (κ3) is 3.30. The van der Waals surface area contributed by atoms with Crippen molar-refractivity contribution in [1.29, 1.82) is 0 Å². The Labute approximate surface area is 93.3 Å². The van der Waals surface area contributed by atoms with Crippen molar-refractivity contribution in [3.8, 4) is 0 Å². The van der Waals surface area contributed by atoms with Gasteiger partial charge in [-0.1, -0.05) is 0 Å². The van der Waals surface area contributed by atoms with E-state index in [1.807, 2.05) is 0 Å². The van der Waals surface area contributed by atoms with Crippen molar-refractivity contribution in [2.45, 2.75) is 6.92 Å². The molecule has 0 spiro atoms. The maximum Gasteiger partial charge on any atom is 0.325 e. The van der Waals surface area contributed by atoms with Gasteiger partial charge in [-0.25, -0.2) is 9.97 Å². The van der Waals surface area contributed by atoms with Gasteiger partial charge in [0.05, 0.1) is 12.2 Å². The highest BCUT2D eigenvalue weighted by molar-refractivity contribution is 5.75. The number of hydrogen-bond donors (Lipinski definition) is 0. The molecule has 86 valence electrons. The standard InChI is InChI=1S/C10H13N3O3/c1-3-16-9(15)6-13(2)10-11-4-8(7-14)5-12-10/h4-5,7H,3,6H2,1-2H3. The molecule has 6 nitrogen and oxygen atoms in total. The van der Waals surface area contributed by atoms with Gasteiger partial charge in [-0.2, -0.15) is 0 Å². The summed E-state index contributed by atoms with van der Waals surface area (Å²) in [6, 6.07) is 0. The number of aldehydes is 1. The molecule has 0 aliphatic carbocycles. The quantitative estimate of drug-likeness (QED) is 0.527. The molecule has 0 fully saturated rings. The van der Waals surface area contributed by atoms with Crippen LogP contribution in [0.5, 0.6) is 0 Å². The molecule has 1 heterocycles. The number of likely N-dealkylation sites (N-methyl/N-ethyl adjacent to an activating group) is 1. The Bertz CT molecular complexity index is 364. The number of ether oxygens (including phenoxy) is 1. The molecule has 1 aromatic rings. The van der Waals surface area contributed by atoms with Crippen LogP contribution in [0.25, 0.3) is 0 Å². The van der Waals surface area contributed by atoms with Crippen LogP contribution < -0.4 is 4.90 Å². The van der Waals surface area contributed by atoms with Gasteiger partial charge in [0, 0.05) is 19.4 Å². The molecule has 0 saturated heterocycles. The molecule has 0 aromatic carbocycles. The first-order valence-electron chi connectivity index (χ1n) is 4.81. The van der Waals surface area contributed by atoms with Gasteiger partial charge >= 0.3 is 5.97 Å². The number of aromatic nitrogens is 2. The average molecular weight is 223 g/mol. The van der Waals surface area contributed by atoms with Crippen molar-refractivity contribution in [2.75, 3.05) is 25.1 Å². The molecule has 1 rings (SSSR count). The molecule has 6 heteroatoms. The molecule has 0 saturated carbocycles. The predicted octanol–water partition coefficient (Wildman–Crippen LogP) is 0.288. The minimum atomic E-state index is -0.340. The third-order valence-corrected chi connectivity index (χ3v) is 1.81. The topological polar surface area (TPSA) is 72.4 Å². The van der Waals surface area contributed by atoms with Crippen LogP contribution in [-0.2, 0) is 9.53 Å². The van der Waals surface area contributed by atoms with E-state index >= 15 is 0 Å². The minimum Gasteiger partial charge on any atom is -0.465 e. The maximum atomic E-state index is 11.2. The Morgan fingerprint density at radius 3 is 2.62 bits per heavy atom. The molecule has 0 aliphatic heterocycles. The highest BCUT2D eigenvalue weighted by Crippen LogP contribution is 2.03. The lowest BCUT2D eigenvalue weighted by Gasteiger charge is -2.15. The number of nitrogens with zero attached hydrogens (tertiary/aromatic N) is 3. The molecule has 16 heavy (non-hydrogen) atoms. The fourth-order valence-corrected chi connectivity index (χ4v) is 1.06. The van der Waals surface area contributed by atoms with Crippen molar-refractivity contribution < 1.29 is 14.3 Å². The summed E-state index contributed by atoms with van der Waals surface area (Å²) in [5.41, 5.74) is 0.397. The number of rotatable bonds is 5. The number of esters is 1. The summed E-state index contributed by atoms with van der Waals surface area (Å²) in [6.07, 6.45) is 3.46. The zero-order valence-electron chi connectivity index (χ0n) is 9.21. The second-order valence-corrected chi connectivity index (χ2v) is 3.10. The van der Waals surface area contributed by atoms with E-state index in [9.17, 15) is 9.59 Å². The highest BCUT2D eigenvalue weighted by Gasteiger charge is 2.09. The lowest BCUT2D eigenvalue weighted by atomic mass is 10.4. The van der Waals surface area contributed by atoms with Gasteiger partial charge in [0.2, 0.25) is 5.95 Å². The molecular weight excluding hydrogens is 210 g/mol. The predicted molar refractivity (Wildman–Crippen MR) is 57.3 cm³/mol. The lowest BCUT2D eigenvalue weighted by molar-refractivity contribution is -0.141. The summed E-state index contributed by atoms with van der Waals surface area (Å²) in [6.45, 7) is 2.17. The van der Waals surface area contributed by atoms with E-state index in [1.54, 1.807) is 18.9 Å². The van der Waals surface area contributed by atoms with Gasteiger partial charge in [-0.3, -0.25) is 9.59 Å². The van der Waals surface area contributed by atoms with Gasteiger partial charge in [0.15, 0.2) is 6.29 Å². The Morgan fingerprint density at radius 1 is 1.50 bits per heavy atom. The van der Waals surface area contributed by atoms with E-state index in [0.29, 0.717) is 24.4 Å². The first-order chi connectivity index (χ1) is 7.67. The van der Waals surface area contributed by atoms with E-state index in [1.165, 1.54) is 12.4 Å². The van der Waals surface area contributed by atoms with Crippen LogP contribution in [0.15, 0.2) is 12.4 Å². The van der Waals surface area contributed by atoms with Gasteiger partial charge in [0.25, 0.3) is 0 Å². The van der Waals surface area contributed by atoms with Crippen LogP contribution in [0, 0.1) is 0 Å². The minimum absolute atomic E-state index is 0.0777. The zero-order valence-corrected chi connectivity index (χ0v) is 9.21. The summed E-state index contributed by atoms with van der Waals surface area (Å²) in [5.74, 6) is 0.0340. The molecular formula is C10H13N3O3. The van der Waals surface area contributed by atoms with Gasteiger partial charge in [0.1, 0.15) is 6.54 Å². The van der Waals surface area contributed by atoms with Crippen LogP contribution in [0.1, 0.15) is 17.3 Å². The highest BCUT2D eigenvalue weighted by atomic mass is 16.5. The molecule has 1 aromatic heterocycles. The van der Waals surface area contributed by atoms with Crippen LogP contribution in [-0.4, -0.2) is 42.4 Å². The van der Waals surface area contributed by atoms with Crippen molar-refractivity contribution in [1.82, 2.24) is 9.97 Å². The molecule has 0 unspecified atom stereocenters. The van der Waals surface area contributed by atoms with Gasteiger partial charge in [-0.05, 0) is 6.92 Å². The van der Waals surface area contributed by atoms with Crippen LogP contribution in [0.2, 0.25) is 0 Å². The Kier molecular flexibility index (Phi) is 4.38. The number of carbonyl (C=O) groups excluding carboxylic acids is 2. The number of anilines is 1. The summed E-state index contributed by atoms with van der Waals surface area (Å²) >= 11 is 0.